The van der Waals surface area contributed by atoms with Crippen LogP contribution in [0, 0.1) is 19.7 Å². The summed E-state index contributed by atoms with van der Waals surface area (Å²) in [6.45, 7) is 5.11. The monoisotopic (exact) mass is 346 g/mol. The predicted molar refractivity (Wildman–Crippen MR) is 99.2 cm³/mol. The summed E-state index contributed by atoms with van der Waals surface area (Å²) in [5.74, 6) is 0.611. The molecule has 0 radical (unpaired) electrons. The Labute approximate surface area is 147 Å². The summed E-state index contributed by atoms with van der Waals surface area (Å²) in [5.41, 5.74) is 3.03. The SMILES string of the molecule is Cc1cccc(C)c1NC(=O)CN(C)CCSc1ccc(F)cc1. The number of carbonyl (C=O) groups excluding carboxylic acids is 1. The maximum Gasteiger partial charge on any atom is 0.238 e. The molecule has 2 aromatic carbocycles. The molecule has 0 saturated carbocycles. The van der Waals surface area contributed by atoms with Crippen LogP contribution in [0.2, 0.25) is 0 Å². The van der Waals surface area contributed by atoms with Gasteiger partial charge in [0.1, 0.15) is 5.82 Å². The van der Waals surface area contributed by atoms with E-state index in [1.807, 2.05) is 44.0 Å². The number of hydrogen-bond donors (Lipinski definition) is 1. The van der Waals surface area contributed by atoms with Crippen LogP contribution in [0.1, 0.15) is 11.1 Å². The van der Waals surface area contributed by atoms with Crippen molar-refractivity contribution in [2.24, 2.45) is 0 Å². The van der Waals surface area contributed by atoms with Crippen LogP contribution in [0.3, 0.4) is 0 Å². The molecule has 0 aliphatic carbocycles. The highest BCUT2D eigenvalue weighted by atomic mass is 32.2. The molecule has 0 saturated heterocycles. The fourth-order valence-corrected chi connectivity index (χ4v) is 3.33. The zero-order valence-corrected chi connectivity index (χ0v) is 15.1. The van der Waals surface area contributed by atoms with Gasteiger partial charge in [0, 0.05) is 22.9 Å². The summed E-state index contributed by atoms with van der Waals surface area (Å²) in [7, 11) is 1.93. The second-order valence-electron chi connectivity index (χ2n) is 5.86. The Hall–Kier alpha value is -1.85. The molecular weight excluding hydrogens is 323 g/mol. The molecule has 2 aromatic rings. The van der Waals surface area contributed by atoms with Crippen LogP contribution in [0.25, 0.3) is 0 Å². The van der Waals surface area contributed by atoms with Crippen molar-refractivity contribution in [2.75, 3.05) is 31.2 Å². The summed E-state index contributed by atoms with van der Waals surface area (Å²) in [6.07, 6.45) is 0. The van der Waals surface area contributed by atoms with Gasteiger partial charge in [0.2, 0.25) is 5.91 Å². The third-order valence-electron chi connectivity index (χ3n) is 3.71. The fourth-order valence-electron chi connectivity index (χ4n) is 2.36. The fraction of sp³-hybridized carbons (Fsp3) is 0.316. The number of nitrogens with zero attached hydrogens (tertiary/aromatic N) is 1. The van der Waals surface area contributed by atoms with E-state index in [1.165, 1.54) is 12.1 Å². The number of benzene rings is 2. The van der Waals surface area contributed by atoms with E-state index < -0.39 is 0 Å². The Bertz CT molecular complexity index is 668. The van der Waals surface area contributed by atoms with Crippen molar-refractivity contribution in [1.29, 1.82) is 0 Å². The van der Waals surface area contributed by atoms with Crippen molar-refractivity contribution < 1.29 is 9.18 Å². The first kappa shape index (κ1) is 18.5. The maximum absolute atomic E-state index is 12.9. The molecule has 1 N–H and O–H groups in total. The summed E-state index contributed by atoms with van der Waals surface area (Å²) < 4.78 is 12.9. The van der Waals surface area contributed by atoms with E-state index in [0.717, 1.165) is 34.0 Å². The third kappa shape index (κ3) is 5.65. The van der Waals surface area contributed by atoms with Gasteiger partial charge >= 0.3 is 0 Å². The molecule has 1 amide bonds. The Kier molecular flexibility index (Phi) is 6.82. The van der Waals surface area contributed by atoms with Gasteiger partial charge < -0.3 is 5.32 Å². The minimum atomic E-state index is -0.223. The van der Waals surface area contributed by atoms with Gasteiger partial charge in [-0.05, 0) is 56.3 Å². The third-order valence-corrected chi connectivity index (χ3v) is 4.71. The van der Waals surface area contributed by atoms with Crippen LogP contribution < -0.4 is 5.32 Å². The number of aryl methyl sites for hydroxylation is 2. The Morgan fingerprint density at radius 2 is 1.75 bits per heavy atom. The number of halogens is 1. The number of thioether (sulfide) groups is 1. The van der Waals surface area contributed by atoms with E-state index in [1.54, 1.807) is 23.9 Å². The topological polar surface area (TPSA) is 32.3 Å². The molecule has 0 spiro atoms. The van der Waals surface area contributed by atoms with Crippen molar-refractivity contribution >= 4 is 23.4 Å². The number of likely N-dealkylation sites (N-methyl/N-ethyl adjacent to an activating group) is 1. The number of hydrogen-bond acceptors (Lipinski definition) is 3. The second-order valence-corrected chi connectivity index (χ2v) is 7.02. The van der Waals surface area contributed by atoms with Crippen molar-refractivity contribution in [2.45, 2.75) is 18.7 Å². The van der Waals surface area contributed by atoms with E-state index in [0.29, 0.717) is 6.54 Å². The van der Waals surface area contributed by atoms with E-state index in [2.05, 4.69) is 5.32 Å². The predicted octanol–water partition coefficient (Wildman–Crippen LogP) is 4.11. The lowest BCUT2D eigenvalue weighted by Gasteiger charge is -2.17. The lowest BCUT2D eigenvalue weighted by Crippen LogP contribution is -2.32. The molecule has 0 aliphatic rings. The minimum absolute atomic E-state index is 0.0123. The number of rotatable bonds is 7. The van der Waals surface area contributed by atoms with Crippen LogP contribution in [0.5, 0.6) is 0 Å². The highest BCUT2D eigenvalue weighted by Crippen LogP contribution is 2.20. The number of para-hydroxylation sites is 1. The zero-order valence-electron chi connectivity index (χ0n) is 14.3. The van der Waals surface area contributed by atoms with Crippen LogP contribution >= 0.6 is 11.8 Å². The van der Waals surface area contributed by atoms with Crippen LogP contribution in [0.15, 0.2) is 47.4 Å². The number of nitrogens with one attached hydrogen (secondary N) is 1. The first-order valence-corrected chi connectivity index (χ1v) is 8.87. The molecule has 0 atom stereocenters. The summed E-state index contributed by atoms with van der Waals surface area (Å²) in [5, 5.41) is 2.99. The summed E-state index contributed by atoms with van der Waals surface area (Å²) in [6, 6.07) is 12.4. The van der Waals surface area contributed by atoms with Crippen LogP contribution in [0.4, 0.5) is 10.1 Å². The molecule has 5 heteroatoms. The summed E-state index contributed by atoms with van der Waals surface area (Å²) >= 11 is 1.65. The molecular formula is C19H23FN2OS. The van der Waals surface area contributed by atoms with Crippen molar-refractivity contribution in [3.8, 4) is 0 Å². The highest BCUT2D eigenvalue weighted by Gasteiger charge is 2.10. The van der Waals surface area contributed by atoms with Gasteiger partial charge in [-0.25, -0.2) is 4.39 Å². The van der Waals surface area contributed by atoms with Gasteiger partial charge in [-0.2, -0.15) is 0 Å². The Morgan fingerprint density at radius 3 is 2.38 bits per heavy atom. The maximum atomic E-state index is 12.9. The highest BCUT2D eigenvalue weighted by molar-refractivity contribution is 7.99. The van der Waals surface area contributed by atoms with E-state index in [9.17, 15) is 9.18 Å². The molecule has 0 aliphatic heterocycles. The van der Waals surface area contributed by atoms with Crippen LogP contribution in [-0.2, 0) is 4.79 Å². The molecule has 0 aromatic heterocycles. The molecule has 24 heavy (non-hydrogen) atoms. The number of carbonyl (C=O) groups is 1. The second kappa shape index (κ2) is 8.85. The number of anilines is 1. The molecule has 3 nitrogen and oxygen atoms in total. The smallest absolute Gasteiger partial charge is 0.238 e. The van der Waals surface area contributed by atoms with E-state index >= 15 is 0 Å². The quantitative estimate of drug-likeness (QED) is 0.766. The van der Waals surface area contributed by atoms with Gasteiger partial charge in [0.15, 0.2) is 0 Å². The average molecular weight is 346 g/mol. The van der Waals surface area contributed by atoms with Crippen molar-refractivity contribution in [3.05, 3.63) is 59.4 Å². The van der Waals surface area contributed by atoms with Gasteiger partial charge in [-0.3, -0.25) is 9.69 Å². The molecule has 0 fully saturated rings. The number of amides is 1. The van der Waals surface area contributed by atoms with E-state index in [-0.39, 0.29) is 11.7 Å². The Balaban J connectivity index is 1.76. The Morgan fingerprint density at radius 1 is 1.12 bits per heavy atom. The standard InChI is InChI=1S/C19H23FN2OS/c1-14-5-4-6-15(2)19(14)21-18(23)13-22(3)11-12-24-17-9-7-16(20)8-10-17/h4-10H,11-13H2,1-3H3,(H,21,23). The molecule has 128 valence electrons. The average Bonchev–Trinajstić information content (AvgIpc) is 2.53. The van der Waals surface area contributed by atoms with Gasteiger partial charge in [0.25, 0.3) is 0 Å². The van der Waals surface area contributed by atoms with E-state index in [4.69, 9.17) is 0 Å². The largest absolute Gasteiger partial charge is 0.324 e. The molecule has 0 bridgehead atoms. The lowest BCUT2D eigenvalue weighted by atomic mass is 10.1. The normalized spacial score (nSPS) is 10.9. The van der Waals surface area contributed by atoms with Gasteiger partial charge in [-0.1, -0.05) is 18.2 Å². The van der Waals surface area contributed by atoms with Gasteiger partial charge in [0.05, 0.1) is 6.54 Å². The first-order chi connectivity index (χ1) is 11.5. The van der Waals surface area contributed by atoms with Crippen molar-refractivity contribution in [1.82, 2.24) is 4.90 Å². The minimum Gasteiger partial charge on any atom is -0.324 e. The zero-order chi connectivity index (χ0) is 17.5. The van der Waals surface area contributed by atoms with Crippen molar-refractivity contribution in [3.63, 3.8) is 0 Å². The molecule has 0 heterocycles. The molecule has 2 rings (SSSR count). The molecule has 0 unspecified atom stereocenters. The first-order valence-electron chi connectivity index (χ1n) is 7.88. The van der Waals surface area contributed by atoms with Crippen LogP contribution in [-0.4, -0.2) is 36.7 Å². The van der Waals surface area contributed by atoms with Gasteiger partial charge in [-0.15, -0.1) is 11.8 Å². The lowest BCUT2D eigenvalue weighted by molar-refractivity contribution is -0.117. The summed E-state index contributed by atoms with van der Waals surface area (Å²) in [4.78, 5) is 15.2.